The molecule has 0 aromatic heterocycles. The third-order valence-electron chi connectivity index (χ3n) is 2.93. The van der Waals surface area contributed by atoms with Crippen molar-refractivity contribution in [2.75, 3.05) is 0 Å². The Kier molecular flexibility index (Phi) is 4.61. The van der Waals surface area contributed by atoms with Crippen LogP contribution in [0.4, 0.5) is 0 Å². The van der Waals surface area contributed by atoms with Crippen LogP contribution in [-0.2, 0) is 6.42 Å². The first-order valence-electron chi connectivity index (χ1n) is 5.98. The number of aryl methyl sites for hydroxylation is 2. The Labute approximate surface area is 94.0 Å². The Bertz CT molecular complexity index is 345. The number of hydrogen-bond donors (Lipinski definition) is 0. The van der Waals surface area contributed by atoms with Crippen molar-refractivity contribution < 1.29 is 0 Å². The molecule has 0 fully saturated rings. The van der Waals surface area contributed by atoms with Crippen molar-refractivity contribution in [2.24, 2.45) is 0 Å². The first-order valence-corrected chi connectivity index (χ1v) is 5.98. The summed E-state index contributed by atoms with van der Waals surface area (Å²) in [4.78, 5) is 0. The van der Waals surface area contributed by atoms with Crippen LogP contribution in [-0.4, -0.2) is 0 Å². The fourth-order valence-corrected chi connectivity index (χ4v) is 2.17. The summed E-state index contributed by atoms with van der Waals surface area (Å²) < 4.78 is 0. The van der Waals surface area contributed by atoms with Gasteiger partial charge in [-0.25, -0.2) is 0 Å². The summed E-state index contributed by atoms with van der Waals surface area (Å²) in [6.07, 6.45) is 5.80. The third kappa shape index (κ3) is 2.71. The zero-order valence-corrected chi connectivity index (χ0v) is 10.4. The lowest BCUT2D eigenvalue weighted by Crippen LogP contribution is -1.95. The number of rotatable bonds is 4. The zero-order valence-electron chi connectivity index (χ0n) is 10.4. The Morgan fingerprint density at radius 2 is 2.00 bits per heavy atom. The quantitative estimate of drug-likeness (QED) is 0.660. The molecule has 0 aliphatic heterocycles. The summed E-state index contributed by atoms with van der Waals surface area (Å²) in [6.45, 7) is 8.84. The van der Waals surface area contributed by atoms with Crippen LogP contribution in [0, 0.1) is 6.92 Å². The van der Waals surface area contributed by atoms with Crippen LogP contribution in [0.15, 0.2) is 24.3 Å². The van der Waals surface area contributed by atoms with Crippen molar-refractivity contribution in [2.45, 2.75) is 47.0 Å². The van der Waals surface area contributed by atoms with E-state index in [0.717, 1.165) is 6.42 Å². The van der Waals surface area contributed by atoms with Gasteiger partial charge in [0.2, 0.25) is 0 Å². The van der Waals surface area contributed by atoms with E-state index in [1.807, 2.05) is 0 Å². The predicted octanol–water partition coefficient (Wildman–Crippen LogP) is 4.76. The van der Waals surface area contributed by atoms with Gasteiger partial charge in [-0.05, 0) is 49.0 Å². The molecule has 0 N–H and O–H groups in total. The average molecular weight is 202 g/mol. The molecule has 82 valence electrons. The fraction of sp³-hybridized carbons (Fsp3) is 0.467. The van der Waals surface area contributed by atoms with Crippen molar-refractivity contribution in [3.63, 3.8) is 0 Å². The normalized spacial score (nSPS) is 11.9. The van der Waals surface area contributed by atoms with E-state index in [4.69, 9.17) is 0 Å². The van der Waals surface area contributed by atoms with E-state index in [2.05, 4.69) is 52.0 Å². The van der Waals surface area contributed by atoms with E-state index in [1.165, 1.54) is 35.1 Å². The molecule has 15 heavy (non-hydrogen) atoms. The van der Waals surface area contributed by atoms with E-state index in [0.29, 0.717) is 0 Å². The minimum atomic E-state index is 1.12. The maximum Gasteiger partial charge on any atom is -0.0166 e. The molecule has 0 heteroatoms. The molecule has 0 spiro atoms. The summed E-state index contributed by atoms with van der Waals surface area (Å²) in [6, 6.07) is 6.63. The molecule has 0 aliphatic carbocycles. The van der Waals surface area contributed by atoms with Gasteiger partial charge in [-0.2, -0.15) is 0 Å². The molecule has 0 saturated carbocycles. The molecule has 0 unspecified atom stereocenters. The minimum absolute atomic E-state index is 1.12. The van der Waals surface area contributed by atoms with Gasteiger partial charge in [-0.15, -0.1) is 0 Å². The van der Waals surface area contributed by atoms with Crippen molar-refractivity contribution in [3.8, 4) is 0 Å². The molecule has 0 amide bonds. The molecule has 0 atom stereocenters. The molecule has 0 bridgehead atoms. The topological polar surface area (TPSA) is 0 Å². The molecule has 0 nitrogen and oxygen atoms in total. The van der Waals surface area contributed by atoms with Crippen molar-refractivity contribution in [1.82, 2.24) is 0 Å². The summed E-state index contributed by atoms with van der Waals surface area (Å²) in [7, 11) is 0. The SMILES string of the molecule is C/C=C(/CCC)c1c(C)cccc1CC. The van der Waals surface area contributed by atoms with E-state index < -0.39 is 0 Å². The summed E-state index contributed by atoms with van der Waals surface area (Å²) in [5.41, 5.74) is 5.89. The monoisotopic (exact) mass is 202 g/mol. The highest BCUT2D eigenvalue weighted by Crippen LogP contribution is 2.27. The molecule has 1 aromatic carbocycles. The van der Waals surface area contributed by atoms with E-state index in [9.17, 15) is 0 Å². The smallest absolute Gasteiger partial charge is 0.0166 e. The first kappa shape index (κ1) is 12.0. The van der Waals surface area contributed by atoms with Gasteiger partial charge in [0.1, 0.15) is 0 Å². The first-order chi connectivity index (χ1) is 7.24. The second-order valence-corrected chi connectivity index (χ2v) is 4.03. The molecule has 0 aliphatic rings. The van der Waals surface area contributed by atoms with Crippen molar-refractivity contribution in [1.29, 1.82) is 0 Å². The van der Waals surface area contributed by atoms with E-state index in [-0.39, 0.29) is 0 Å². The molecule has 1 aromatic rings. The molecule has 0 heterocycles. The van der Waals surface area contributed by atoms with Crippen LogP contribution in [0.1, 0.15) is 50.3 Å². The highest BCUT2D eigenvalue weighted by Gasteiger charge is 2.07. The lowest BCUT2D eigenvalue weighted by atomic mass is 9.91. The molecule has 0 saturated heterocycles. The van der Waals surface area contributed by atoms with Crippen LogP contribution >= 0.6 is 0 Å². The molecule has 1 rings (SSSR count). The van der Waals surface area contributed by atoms with E-state index in [1.54, 1.807) is 0 Å². The lowest BCUT2D eigenvalue weighted by Gasteiger charge is -2.14. The van der Waals surface area contributed by atoms with Gasteiger partial charge in [-0.1, -0.05) is 44.5 Å². The minimum Gasteiger partial charge on any atom is -0.0838 e. The van der Waals surface area contributed by atoms with Crippen LogP contribution in [0.5, 0.6) is 0 Å². The number of hydrogen-bond acceptors (Lipinski definition) is 0. The van der Waals surface area contributed by atoms with Crippen LogP contribution < -0.4 is 0 Å². The van der Waals surface area contributed by atoms with Crippen molar-refractivity contribution in [3.05, 3.63) is 41.0 Å². The maximum atomic E-state index is 2.27. The largest absolute Gasteiger partial charge is 0.0838 e. The van der Waals surface area contributed by atoms with Gasteiger partial charge < -0.3 is 0 Å². The number of benzene rings is 1. The van der Waals surface area contributed by atoms with Gasteiger partial charge in [0.25, 0.3) is 0 Å². The van der Waals surface area contributed by atoms with Crippen LogP contribution in [0.2, 0.25) is 0 Å². The fourth-order valence-electron chi connectivity index (χ4n) is 2.17. The highest BCUT2D eigenvalue weighted by atomic mass is 14.1. The van der Waals surface area contributed by atoms with Gasteiger partial charge in [0.15, 0.2) is 0 Å². The Morgan fingerprint density at radius 3 is 2.53 bits per heavy atom. The summed E-state index contributed by atoms with van der Waals surface area (Å²) in [5.74, 6) is 0. The lowest BCUT2D eigenvalue weighted by molar-refractivity contribution is 0.964. The van der Waals surface area contributed by atoms with E-state index >= 15 is 0 Å². The van der Waals surface area contributed by atoms with Gasteiger partial charge in [0, 0.05) is 0 Å². The maximum absolute atomic E-state index is 2.27. The Morgan fingerprint density at radius 1 is 1.27 bits per heavy atom. The van der Waals surface area contributed by atoms with Crippen LogP contribution in [0.3, 0.4) is 0 Å². The molecule has 0 radical (unpaired) electrons. The average Bonchev–Trinajstić information content (AvgIpc) is 2.26. The van der Waals surface area contributed by atoms with Crippen molar-refractivity contribution >= 4 is 5.57 Å². The van der Waals surface area contributed by atoms with Crippen LogP contribution in [0.25, 0.3) is 5.57 Å². The number of allylic oxidation sites excluding steroid dienone is 2. The molecular formula is C15H22. The van der Waals surface area contributed by atoms with Gasteiger partial charge >= 0.3 is 0 Å². The standard InChI is InChI=1S/C15H22/c1-5-9-13(6-2)15-12(4)10-8-11-14(15)7-3/h6,8,10-11H,5,7,9H2,1-4H3/b13-6-. The predicted molar refractivity (Wildman–Crippen MR) is 69.1 cm³/mol. The Balaban J connectivity index is 3.21. The summed E-state index contributed by atoms with van der Waals surface area (Å²) in [5, 5.41) is 0. The zero-order chi connectivity index (χ0) is 11.3. The van der Waals surface area contributed by atoms with Gasteiger partial charge in [0.05, 0.1) is 0 Å². The second kappa shape index (κ2) is 5.75. The summed E-state index contributed by atoms with van der Waals surface area (Å²) >= 11 is 0. The highest BCUT2D eigenvalue weighted by molar-refractivity contribution is 5.70. The third-order valence-corrected chi connectivity index (χ3v) is 2.93. The molecular weight excluding hydrogens is 180 g/mol. The Hall–Kier alpha value is -1.04. The second-order valence-electron chi connectivity index (χ2n) is 4.03. The van der Waals surface area contributed by atoms with Gasteiger partial charge in [-0.3, -0.25) is 0 Å².